The van der Waals surface area contributed by atoms with Crippen molar-refractivity contribution < 1.29 is 17.5 Å². The summed E-state index contributed by atoms with van der Waals surface area (Å²) in [5.41, 5.74) is 1.90. The third-order valence-electron chi connectivity index (χ3n) is 5.57. The van der Waals surface area contributed by atoms with E-state index < -0.39 is 9.84 Å². The van der Waals surface area contributed by atoms with Crippen LogP contribution in [0.5, 0.6) is 5.75 Å². The predicted octanol–water partition coefficient (Wildman–Crippen LogP) is 4.93. The van der Waals surface area contributed by atoms with Crippen molar-refractivity contribution in [1.82, 2.24) is 15.0 Å². The van der Waals surface area contributed by atoms with Crippen LogP contribution in [0.1, 0.15) is 37.7 Å². The molecule has 0 radical (unpaired) electrons. The largest absolute Gasteiger partial charge is 0.492 e. The summed E-state index contributed by atoms with van der Waals surface area (Å²) in [7, 11) is -3.15. The zero-order valence-corrected chi connectivity index (χ0v) is 19.3. The van der Waals surface area contributed by atoms with Crippen molar-refractivity contribution in [3.63, 3.8) is 0 Å². The van der Waals surface area contributed by atoms with Crippen molar-refractivity contribution in [2.45, 2.75) is 37.9 Å². The van der Waals surface area contributed by atoms with Gasteiger partial charge in [-0.05, 0) is 48.6 Å². The Hall–Kier alpha value is -3.07. The van der Waals surface area contributed by atoms with Crippen LogP contribution in [0.2, 0.25) is 0 Å². The van der Waals surface area contributed by atoms with Gasteiger partial charge < -0.3 is 10.1 Å². The standard InChI is InChI=1S/C24H27FN4O3S/c1-33(30,31)15-18-8-5-9-20(12-18)28-24-27-16-26-23(29-24)21-11-10-19(25)13-22(21)32-14-17-6-3-2-4-7-17/h5,8-13,16-17H,2-4,6-7,14-15H2,1H3,(H,26,27,28,29). The molecule has 0 amide bonds. The quantitative estimate of drug-likeness (QED) is 0.499. The second-order valence-electron chi connectivity index (χ2n) is 8.48. The van der Waals surface area contributed by atoms with E-state index in [-0.39, 0.29) is 11.6 Å². The van der Waals surface area contributed by atoms with Gasteiger partial charge in [0.15, 0.2) is 15.7 Å². The van der Waals surface area contributed by atoms with Crippen LogP contribution in [0, 0.1) is 11.7 Å². The number of nitrogens with one attached hydrogen (secondary N) is 1. The molecule has 1 saturated carbocycles. The van der Waals surface area contributed by atoms with Crippen LogP contribution in [-0.2, 0) is 15.6 Å². The highest BCUT2D eigenvalue weighted by Crippen LogP contribution is 2.31. The highest BCUT2D eigenvalue weighted by molar-refractivity contribution is 7.89. The minimum absolute atomic E-state index is 0.0533. The lowest BCUT2D eigenvalue weighted by Gasteiger charge is -2.22. The van der Waals surface area contributed by atoms with Gasteiger partial charge in [-0.15, -0.1) is 0 Å². The number of sulfone groups is 1. The van der Waals surface area contributed by atoms with E-state index in [9.17, 15) is 12.8 Å². The summed E-state index contributed by atoms with van der Waals surface area (Å²) in [6, 6.07) is 11.4. The highest BCUT2D eigenvalue weighted by Gasteiger charge is 2.17. The Morgan fingerprint density at radius 2 is 1.91 bits per heavy atom. The molecule has 0 unspecified atom stereocenters. The number of benzene rings is 2. The number of hydrogen-bond donors (Lipinski definition) is 1. The zero-order chi connectivity index (χ0) is 23.3. The Labute approximate surface area is 193 Å². The first-order valence-corrected chi connectivity index (χ1v) is 13.1. The van der Waals surface area contributed by atoms with Crippen molar-refractivity contribution in [3.05, 3.63) is 60.2 Å². The van der Waals surface area contributed by atoms with Crippen LogP contribution in [-0.4, -0.2) is 36.2 Å². The minimum Gasteiger partial charge on any atom is -0.492 e. The van der Waals surface area contributed by atoms with E-state index in [2.05, 4.69) is 20.3 Å². The summed E-state index contributed by atoms with van der Waals surface area (Å²) in [5, 5.41) is 3.08. The molecule has 2 aromatic carbocycles. The van der Waals surface area contributed by atoms with Gasteiger partial charge in [-0.2, -0.15) is 4.98 Å². The summed E-state index contributed by atoms with van der Waals surface area (Å²) >= 11 is 0. The smallest absolute Gasteiger partial charge is 0.230 e. The monoisotopic (exact) mass is 470 g/mol. The van der Waals surface area contributed by atoms with E-state index in [4.69, 9.17) is 4.74 Å². The highest BCUT2D eigenvalue weighted by atomic mass is 32.2. The van der Waals surface area contributed by atoms with Crippen LogP contribution in [0.4, 0.5) is 16.0 Å². The summed E-state index contributed by atoms with van der Waals surface area (Å²) in [5.74, 6) is 1.10. The lowest BCUT2D eigenvalue weighted by atomic mass is 9.90. The molecule has 1 fully saturated rings. The van der Waals surface area contributed by atoms with E-state index in [1.54, 1.807) is 30.3 Å². The van der Waals surface area contributed by atoms with Gasteiger partial charge in [-0.25, -0.2) is 22.8 Å². The molecule has 0 saturated heterocycles. The zero-order valence-electron chi connectivity index (χ0n) is 18.5. The van der Waals surface area contributed by atoms with Crippen LogP contribution in [0.25, 0.3) is 11.4 Å². The number of aromatic nitrogens is 3. The van der Waals surface area contributed by atoms with Gasteiger partial charge >= 0.3 is 0 Å². The van der Waals surface area contributed by atoms with Gasteiger partial charge in [0.2, 0.25) is 5.95 Å². The number of halogens is 1. The number of anilines is 2. The SMILES string of the molecule is CS(=O)(=O)Cc1cccc(Nc2ncnc(-c3ccc(F)cc3OCC3CCCCC3)n2)c1. The lowest BCUT2D eigenvalue weighted by Crippen LogP contribution is -2.15. The molecule has 7 nitrogen and oxygen atoms in total. The first kappa shape index (κ1) is 23.1. The third-order valence-corrected chi connectivity index (χ3v) is 6.43. The molecule has 0 bridgehead atoms. The predicted molar refractivity (Wildman–Crippen MR) is 126 cm³/mol. The summed E-state index contributed by atoms with van der Waals surface area (Å²) < 4.78 is 43.2. The second-order valence-corrected chi connectivity index (χ2v) is 10.6. The van der Waals surface area contributed by atoms with Crippen LogP contribution < -0.4 is 10.1 Å². The van der Waals surface area contributed by atoms with Crippen molar-refractivity contribution in [2.75, 3.05) is 18.2 Å². The van der Waals surface area contributed by atoms with Crippen LogP contribution in [0.15, 0.2) is 48.8 Å². The fourth-order valence-electron chi connectivity index (χ4n) is 4.02. The van der Waals surface area contributed by atoms with Gasteiger partial charge in [0, 0.05) is 18.0 Å². The lowest BCUT2D eigenvalue weighted by molar-refractivity contribution is 0.209. The third kappa shape index (κ3) is 6.71. The van der Waals surface area contributed by atoms with Crippen LogP contribution in [0.3, 0.4) is 0 Å². The van der Waals surface area contributed by atoms with E-state index >= 15 is 0 Å². The Balaban J connectivity index is 1.53. The maximum absolute atomic E-state index is 14.0. The molecule has 1 aromatic heterocycles. The van der Waals surface area contributed by atoms with Gasteiger partial charge in [0.25, 0.3) is 0 Å². The Morgan fingerprint density at radius 3 is 2.70 bits per heavy atom. The molecule has 174 valence electrons. The molecule has 3 aromatic rings. The molecule has 0 atom stereocenters. The second kappa shape index (κ2) is 10.2. The molecular formula is C24H27FN4O3S. The molecule has 1 aliphatic rings. The van der Waals surface area contributed by atoms with Crippen molar-refractivity contribution >= 4 is 21.5 Å². The summed E-state index contributed by atoms with van der Waals surface area (Å²) in [6.45, 7) is 0.541. The maximum Gasteiger partial charge on any atom is 0.230 e. The normalized spacial score (nSPS) is 14.7. The molecule has 9 heteroatoms. The number of rotatable bonds is 8. The summed E-state index contributed by atoms with van der Waals surface area (Å²) in [6.07, 6.45) is 8.50. The number of hydrogen-bond acceptors (Lipinski definition) is 7. The van der Waals surface area contributed by atoms with Crippen molar-refractivity contribution in [3.8, 4) is 17.1 Å². The topological polar surface area (TPSA) is 94.1 Å². The Kier molecular flexibility index (Phi) is 7.17. The fraction of sp³-hybridized carbons (Fsp3) is 0.375. The van der Waals surface area contributed by atoms with Gasteiger partial charge in [0.05, 0.1) is 17.9 Å². The average Bonchev–Trinajstić information content (AvgIpc) is 2.78. The van der Waals surface area contributed by atoms with Gasteiger partial charge in [-0.1, -0.05) is 31.4 Å². The van der Waals surface area contributed by atoms with Gasteiger partial charge in [-0.3, -0.25) is 0 Å². The van der Waals surface area contributed by atoms with E-state index in [0.717, 1.165) is 12.8 Å². The summed E-state index contributed by atoms with van der Waals surface area (Å²) in [4.78, 5) is 12.9. The van der Waals surface area contributed by atoms with E-state index in [1.165, 1.54) is 44.0 Å². The first-order chi connectivity index (χ1) is 15.9. The van der Waals surface area contributed by atoms with Crippen molar-refractivity contribution in [2.24, 2.45) is 5.92 Å². The first-order valence-electron chi connectivity index (χ1n) is 11.0. The molecule has 0 spiro atoms. The Morgan fingerprint density at radius 1 is 1.09 bits per heavy atom. The molecule has 33 heavy (non-hydrogen) atoms. The number of nitrogens with zero attached hydrogens (tertiary/aromatic N) is 3. The minimum atomic E-state index is -3.15. The van der Waals surface area contributed by atoms with Gasteiger partial charge in [0.1, 0.15) is 17.9 Å². The average molecular weight is 471 g/mol. The van der Waals surface area contributed by atoms with Crippen LogP contribution >= 0.6 is 0 Å². The fourth-order valence-corrected chi connectivity index (χ4v) is 4.80. The molecular weight excluding hydrogens is 443 g/mol. The molecule has 0 aliphatic heterocycles. The number of ether oxygens (including phenoxy) is 1. The van der Waals surface area contributed by atoms with Crippen molar-refractivity contribution in [1.29, 1.82) is 0 Å². The van der Waals surface area contributed by atoms with E-state index in [0.29, 0.717) is 46.9 Å². The van der Waals surface area contributed by atoms with E-state index in [1.807, 2.05) is 0 Å². The molecule has 1 N–H and O–H groups in total. The Bertz CT molecular complexity index is 1210. The maximum atomic E-state index is 14.0. The molecule has 1 heterocycles. The molecule has 4 rings (SSSR count). The molecule has 1 aliphatic carbocycles.